The molecule has 0 fully saturated rings. The fourth-order valence-corrected chi connectivity index (χ4v) is 2.18. The minimum absolute atomic E-state index is 0.175. The number of methoxy groups -OCH3 is 1. The van der Waals surface area contributed by atoms with Gasteiger partial charge in [-0.25, -0.2) is 9.48 Å². The third-order valence-electron chi connectivity index (χ3n) is 3.46. The number of rotatable bonds is 6. The van der Waals surface area contributed by atoms with Crippen LogP contribution >= 0.6 is 0 Å². The monoisotopic (exact) mass is 323 g/mol. The quantitative estimate of drug-likeness (QED) is 0.653. The predicted octanol–water partition coefficient (Wildman–Crippen LogP) is 2.69. The Hall–Kier alpha value is -3.15. The van der Waals surface area contributed by atoms with Gasteiger partial charge in [-0.2, -0.15) is 0 Å². The molecule has 3 rings (SSSR count). The van der Waals surface area contributed by atoms with Crippen molar-refractivity contribution in [1.29, 1.82) is 0 Å². The standard InChI is InChI=1S/C18H17N3O3/c1-23-16-9-7-15(8-10-16)13-24-18(22)17-12-21(20-19-17)11-14-5-3-2-4-6-14/h2-10,12H,11,13H2,1H3. The van der Waals surface area contributed by atoms with E-state index in [1.807, 2.05) is 54.6 Å². The second-order valence-corrected chi connectivity index (χ2v) is 5.21. The highest BCUT2D eigenvalue weighted by Crippen LogP contribution is 2.12. The van der Waals surface area contributed by atoms with Crippen LogP contribution in [-0.2, 0) is 17.9 Å². The van der Waals surface area contributed by atoms with E-state index in [1.165, 1.54) is 0 Å². The lowest BCUT2D eigenvalue weighted by Gasteiger charge is -2.04. The molecule has 0 aliphatic rings. The molecule has 0 amide bonds. The number of nitrogens with zero attached hydrogens (tertiary/aromatic N) is 3. The maximum absolute atomic E-state index is 12.0. The molecule has 1 heterocycles. The van der Waals surface area contributed by atoms with Crippen LogP contribution in [-0.4, -0.2) is 28.1 Å². The van der Waals surface area contributed by atoms with Gasteiger partial charge < -0.3 is 9.47 Å². The number of carbonyl (C=O) groups excluding carboxylic acids is 1. The Balaban J connectivity index is 1.57. The molecule has 0 unspecified atom stereocenters. The van der Waals surface area contributed by atoms with Crippen molar-refractivity contribution in [2.45, 2.75) is 13.2 Å². The highest BCUT2D eigenvalue weighted by molar-refractivity contribution is 5.86. The Morgan fingerprint density at radius 1 is 1.04 bits per heavy atom. The minimum Gasteiger partial charge on any atom is -0.497 e. The Kier molecular flexibility index (Phi) is 4.86. The number of aromatic nitrogens is 3. The van der Waals surface area contributed by atoms with Crippen molar-refractivity contribution < 1.29 is 14.3 Å². The summed E-state index contributed by atoms with van der Waals surface area (Å²) < 4.78 is 12.0. The van der Waals surface area contributed by atoms with Gasteiger partial charge in [0.05, 0.1) is 19.9 Å². The summed E-state index contributed by atoms with van der Waals surface area (Å²) in [6, 6.07) is 17.2. The molecule has 2 aromatic carbocycles. The van der Waals surface area contributed by atoms with Gasteiger partial charge in [-0.3, -0.25) is 0 Å². The van der Waals surface area contributed by atoms with Crippen LogP contribution in [0, 0.1) is 0 Å². The summed E-state index contributed by atoms with van der Waals surface area (Å²) in [6.07, 6.45) is 1.59. The van der Waals surface area contributed by atoms with E-state index in [1.54, 1.807) is 18.0 Å². The number of esters is 1. The van der Waals surface area contributed by atoms with E-state index >= 15 is 0 Å². The van der Waals surface area contributed by atoms with E-state index in [2.05, 4.69) is 10.3 Å². The summed E-state index contributed by atoms with van der Waals surface area (Å²) in [5, 5.41) is 7.83. The van der Waals surface area contributed by atoms with Gasteiger partial charge in [0.2, 0.25) is 0 Å². The molecule has 6 heteroatoms. The van der Waals surface area contributed by atoms with E-state index in [0.29, 0.717) is 6.54 Å². The van der Waals surface area contributed by atoms with Gasteiger partial charge in [-0.05, 0) is 23.3 Å². The van der Waals surface area contributed by atoms with Gasteiger partial charge in [-0.15, -0.1) is 5.10 Å². The lowest BCUT2D eigenvalue weighted by molar-refractivity contribution is 0.0465. The minimum atomic E-state index is -0.495. The summed E-state index contributed by atoms with van der Waals surface area (Å²) in [7, 11) is 1.60. The van der Waals surface area contributed by atoms with Crippen molar-refractivity contribution in [3.63, 3.8) is 0 Å². The Morgan fingerprint density at radius 3 is 2.50 bits per heavy atom. The van der Waals surface area contributed by atoms with Crippen molar-refractivity contribution in [2.24, 2.45) is 0 Å². The second-order valence-electron chi connectivity index (χ2n) is 5.21. The van der Waals surface area contributed by atoms with Crippen LogP contribution in [0.15, 0.2) is 60.8 Å². The molecule has 3 aromatic rings. The van der Waals surface area contributed by atoms with Crippen LogP contribution in [0.4, 0.5) is 0 Å². The van der Waals surface area contributed by atoms with Gasteiger partial charge in [0.25, 0.3) is 0 Å². The van der Waals surface area contributed by atoms with E-state index < -0.39 is 5.97 Å². The van der Waals surface area contributed by atoms with Crippen molar-refractivity contribution in [3.8, 4) is 5.75 Å². The smallest absolute Gasteiger partial charge is 0.360 e. The fourth-order valence-electron chi connectivity index (χ4n) is 2.18. The number of carbonyl (C=O) groups is 1. The molecule has 0 atom stereocenters. The van der Waals surface area contributed by atoms with Crippen LogP contribution in [0.25, 0.3) is 0 Å². The number of hydrogen-bond acceptors (Lipinski definition) is 5. The molecule has 0 N–H and O–H groups in total. The fraction of sp³-hybridized carbons (Fsp3) is 0.167. The maximum atomic E-state index is 12.0. The molecule has 1 aromatic heterocycles. The van der Waals surface area contributed by atoms with Crippen LogP contribution in [0.3, 0.4) is 0 Å². The first-order valence-corrected chi connectivity index (χ1v) is 7.49. The third-order valence-corrected chi connectivity index (χ3v) is 3.46. The van der Waals surface area contributed by atoms with Gasteiger partial charge in [-0.1, -0.05) is 47.7 Å². The number of hydrogen-bond donors (Lipinski definition) is 0. The second kappa shape index (κ2) is 7.41. The van der Waals surface area contributed by atoms with E-state index in [-0.39, 0.29) is 12.3 Å². The highest BCUT2D eigenvalue weighted by atomic mass is 16.5. The predicted molar refractivity (Wildman–Crippen MR) is 87.7 cm³/mol. The normalized spacial score (nSPS) is 10.4. The molecule has 122 valence electrons. The summed E-state index contributed by atoms with van der Waals surface area (Å²) in [4.78, 5) is 12.0. The SMILES string of the molecule is COc1ccc(COC(=O)c2cn(Cc3ccccc3)nn2)cc1. The molecule has 0 saturated heterocycles. The van der Waals surface area contributed by atoms with Crippen LogP contribution in [0.5, 0.6) is 5.75 Å². The summed E-state index contributed by atoms with van der Waals surface area (Å²) in [5.74, 6) is 0.263. The van der Waals surface area contributed by atoms with E-state index in [0.717, 1.165) is 16.9 Å². The molecular formula is C18H17N3O3. The molecule has 0 aliphatic carbocycles. The largest absolute Gasteiger partial charge is 0.497 e. The topological polar surface area (TPSA) is 66.2 Å². The van der Waals surface area contributed by atoms with Crippen LogP contribution < -0.4 is 4.74 Å². The maximum Gasteiger partial charge on any atom is 0.360 e. The molecule has 0 bridgehead atoms. The molecular weight excluding hydrogens is 306 g/mol. The Labute approximate surface area is 139 Å². The molecule has 0 saturated carbocycles. The zero-order chi connectivity index (χ0) is 16.8. The van der Waals surface area contributed by atoms with E-state index in [4.69, 9.17) is 9.47 Å². The van der Waals surface area contributed by atoms with Crippen molar-refractivity contribution in [3.05, 3.63) is 77.6 Å². The molecule has 0 aliphatic heterocycles. The van der Waals surface area contributed by atoms with Crippen molar-refractivity contribution in [1.82, 2.24) is 15.0 Å². The van der Waals surface area contributed by atoms with Gasteiger partial charge in [0.15, 0.2) is 5.69 Å². The molecule has 6 nitrogen and oxygen atoms in total. The average Bonchev–Trinajstić information content (AvgIpc) is 3.09. The van der Waals surface area contributed by atoms with E-state index in [9.17, 15) is 4.79 Å². The summed E-state index contributed by atoms with van der Waals surface area (Å²) >= 11 is 0. The lowest BCUT2D eigenvalue weighted by Crippen LogP contribution is -2.06. The van der Waals surface area contributed by atoms with Crippen molar-refractivity contribution in [2.75, 3.05) is 7.11 Å². The first-order valence-electron chi connectivity index (χ1n) is 7.49. The zero-order valence-electron chi connectivity index (χ0n) is 13.3. The number of ether oxygens (including phenoxy) is 2. The third kappa shape index (κ3) is 3.98. The molecule has 24 heavy (non-hydrogen) atoms. The first-order chi connectivity index (χ1) is 11.7. The first kappa shape index (κ1) is 15.7. The summed E-state index contributed by atoms with van der Waals surface area (Å²) in [5.41, 5.74) is 2.15. The summed E-state index contributed by atoms with van der Waals surface area (Å²) in [6.45, 7) is 0.730. The number of benzene rings is 2. The Morgan fingerprint density at radius 2 is 1.79 bits per heavy atom. The molecule has 0 radical (unpaired) electrons. The highest BCUT2D eigenvalue weighted by Gasteiger charge is 2.12. The van der Waals surface area contributed by atoms with Gasteiger partial charge >= 0.3 is 5.97 Å². The van der Waals surface area contributed by atoms with Crippen LogP contribution in [0.2, 0.25) is 0 Å². The van der Waals surface area contributed by atoms with Crippen molar-refractivity contribution >= 4 is 5.97 Å². The average molecular weight is 323 g/mol. The molecule has 0 spiro atoms. The van der Waals surface area contributed by atoms with Gasteiger partial charge in [0.1, 0.15) is 12.4 Å². The lowest BCUT2D eigenvalue weighted by atomic mass is 10.2. The van der Waals surface area contributed by atoms with Crippen LogP contribution in [0.1, 0.15) is 21.6 Å². The zero-order valence-corrected chi connectivity index (χ0v) is 13.3. The Bertz CT molecular complexity index is 798. The van der Waals surface area contributed by atoms with Gasteiger partial charge in [0, 0.05) is 0 Å².